The van der Waals surface area contributed by atoms with Gasteiger partial charge in [-0.25, -0.2) is 0 Å². The summed E-state index contributed by atoms with van der Waals surface area (Å²) in [4.78, 5) is 14.7. The fraction of sp³-hybridized carbons (Fsp3) is 0.429. The molecule has 116 valence electrons. The van der Waals surface area contributed by atoms with Gasteiger partial charge in [0.2, 0.25) is 5.91 Å². The lowest BCUT2D eigenvalue weighted by atomic mass is 10.1. The van der Waals surface area contributed by atoms with E-state index in [4.69, 9.17) is 0 Å². The van der Waals surface area contributed by atoms with E-state index in [2.05, 4.69) is 34.8 Å². The van der Waals surface area contributed by atoms with Crippen LogP contribution in [0.25, 0.3) is 0 Å². The first-order chi connectivity index (χ1) is 9.63. The number of nitrogens with one attached hydrogen (secondary N) is 2. The van der Waals surface area contributed by atoms with Crippen LogP contribution in [-0.4, -0.2) is 22.7 Å². The SMILES string of the molecule is CCc1ccc(CNC(=O)C(NC)c2cnn(C)c2)s1.Cl. The Hall–Kier alpha value is -1.37. The summed E-state index contributed by atoms with van der Waals surface area (Å²) >= 11 is 1.74. The maximum Gasteiger partial charge on any atom is 0.242 e. The van der Waals surface area contributed by atoms with Crippen LogP contribution in [0, 0.1) is 0 Å². The van der Waals surface area contributed by atoms with Crippen LogP contribution >= 0.6 is 23.7 Å². The summed E-state index contributed by atoms with van der Waals surface area (Å²) in [6.45, 7) is 2.70. The topological polar surface area (TPSA) is 59.0 Å². The maximum absolute atomic E-state index is 12.2. The molecule has 2 N–H and O–H groups in total. The highest BCUT2D eigenvalue weighted by Gasteiger charge is 2.19. The van der Waals surface area contributed by atoms with Gasteiger partial charge in [-0.15, -0.1) is 23.7 Å². The molecule has 1 atom stereocenters. The van der Waals surface area contributed by atoms with Gasteiger partial charge < -0.3 is 10.6 Å². The van der Waals surface area contributed by atoms with Gasteiger partial charge in [-0.1, -0.05) is 6.92 Å². The molecule has 7 heteroatoms. The second-order valence-corrected chi connectivity index (χ2v) is 5.86. The number of hydrogen-bond donors (Lipinski definition) is 2. The van der Waals surface area contributed by atoms with Gasteiger partial charge in [-0.05, 0) is 25.6 Å². The van der Waals surface area contributed by atoms with Crippen LogP contribution in [-0.2, 0) is 24.8 Å². The lowest BCUT2D eigenvalue weighted by molar-refractivity contribution is -0.123. The van der Waals surface area contributed by atoms with E-state index in [1.165, 1.54) is 9.75 Å². The van der Waals surface area contributed by atoms with E-state index >= 15 is 0 Å². The fourth-order valence-electron chi connectivity index (χ4n) is 2.02. The number of likely N-dealkylation sites (N-methyl/N-ethyl adjacent to an activating group) is 1. The van der Waals surface area contributed by atoms with Crippen molar-refractivity contribution in [3.63, 3.8) is 0 Å². The minimum atomic E-state index is -0.366. The highest BCUT2D eigenvalue weighted by molar-refractivity contribution is 7.11. The van der Waals surface area contributed by atoms with Crippen LogP contribution in [0.1, 0.15) is 28.3 Å². The van der Waals surface area contributed by atoms with Crippen molar-refractivity contribution in [2.24, 2.45) is 7.05 Å². The summed E-state index contributed by atoms with van der Waals surface area (Å²) in [5, 5.41) is 10.1. The Morgan fingerprint density at radius 3 is 2.67 bits per heavy atom. The molecule has 0 aliphatic rings. The summed E-state index contributed by atoms with van der Waals surface area (Å²) in [6.07, 6.45) is 4.59. The monoisotopic (exact) mass is 328 g/mol. The Morgan fingerprint density at radius 1 is 1.43 bits per heavy atom. The van der Waals surface area contributed by atoms with Crippen molar-refractivity contribution in [2.45, 2.75) is 25.9 Å². The van der Waals surface area contributed by atoms with E-state index in [1.807, 2.05) is 13.2 Å². The molecule has 21 heavy (non-hydrogen) atoms. The molecule has 2 aromatic rings. The minimum absolute atomic E-state index is 0. The molecule has 0 bridgehead atoms. The molecule has 0 aromatic carbocycles. The van der Waals surface area contributed by atoms with Gasteiger partial charge in [-0.2, -0.15) is 5.10 Å². The highest BCUT2D eigenvalue weighted by atomic mass is 35.5. The van der Waals surface area contributed by atoms with Crippen molar-refractivity contribution in [3.05, 3.63) is 39.8 Å². The Labute approximate surface area is 135 Å². The van der Waals surface area contributed by atoms with Crippen molar-refractivity contribution in [1.82, 2.24) is 20.4 Å². The third kappa shape index (κ3) is 4.56. The quantitative estimate of drug-likeness (QED) is 0.853. The Balaban J connectivity index is 0.00000220. The molecule has 2 aromatic heterocycles. The molecular formula is C14H21ClN4OS. The number of amides is 1. The van der Waals surface area contributed by atoms with Crippen molar-refractivity contribution < 1.29 is 4.79 Å². The van der Waals surface area contributed by atoms with E-state index in [1.54, 1.807) is 29.3 Å². The fourth-order valence-corrected chi connectivity index (χ4v) is 2.92. The van der Waals surface area contributed by atoms with Crippen molar-refractivity contribution in [2.75, 3.05) is 7.05 Å². The first-order valence-electron chi connectivity index (χ1n) is 6.65. The molecule has 0 aliphatic carbocycles. The van der Waals surface area contributed by atoms with Gasteiger partial charge in [0, 0.05) is 28.6 Å². The summed E-state index contributed by atoms with van der Waals surface area (Å²) in [6, 6.07) is 3.82. The maximum atomic E-state index is 12.2. The summed E-state index contributed by atoms with van der Waals surface area (Å²) < 4.78 is 1.69. The van der Waals surface area contributed by atoms with Crippen LogP contribution in [0.2, 0.25) is 0 Å². The molecule has 0 saturated heterocycles. The Morgan fingerprint density at radius 2 is 2.14 bits per heavy atom. The van der Waals surface area contributed by atoms with E-state index in [9.17, 15) is 4.79 Å². The zero-order chi connectivity index (χ0) is 14.5. The average Bonchev–Trinajstić information content (AvgIpc) is 3.06. The van der Waals surface area contributed by atoms with Gasteiger partial charge >= 0.3 is 0 Å². The van der Waals surface area contributed by atoms with Gasteiger partial charge in [0.1, 0.15) is 6.04 Å². The van der Waals surface area contributed by atoms with E-state index < -0.39 is 0 Å². The number of aryl methyl sites for hydroxylation is 2. The van der Waals surface area contributed by atoms with Gasteiger partial charge in [0.15, 0.2) is 0 Å². The van der Waals surface area contributed by atoms with Gasteiger partial charge in [0.25, 0.3) is 0 Å². The summed E-state index contributed by atoms with van der Waals surface area (Å²) in [5.41, 5.74) is 0.868. The van der Waals surface area contributed by atoms with Crippen LogP contribution in [0.15, 0.2) is 24.5 Å². The number of carbonyl (C=O) groups excluding carboxylic acids is 1. The third-order valence-corrected chi connectivity index (χ3v) is 4.34. The van der Waals surface area contributed by atoms with Crippen LogP contribution in [0.4, 0.5) is 0 Å². The molecule has 2 rings (SSSR count). The molecular weight excluding hydrogens is 308 g/mol. The zero-order valence-electron chi connectivity index (χ0n) is 12.4. The third-order valence-electron chi connectivity index (χ3n) is 3.11. The molecule has 2 heterocycles. The number of hydrogen-bond acceptors (Lipinski definition) is 4. The van der Waals surface area contributed by atoms with Crippen molar-refractivity contribution in [1.29, 1.82) is 0 Å². The minimum Gasteiger partial charge on any atom is -0.350 e. The van der Waals surface area contributed by atoms with Crippen LogP contribution < -0.4 is 10.6 Å². The van der Waals surface area contributed by atoms with Gasteiger partial charge in [0.05, 0.1) is 12.7 Å². The number of nitrogens with zero attached hydrogens (tertiary/aromatic N) is 2. The molecule has 0 radical (unpaired) electrons. The van der Waals surface area contributed by atoms with Gasteiger partial charge in [-0.3, -0.25) is 9.48 Å². The molecule has 1 amide bonds. The molecule has 0 spiro atoms. The smallest absolute Gasteiger partial charge is 0.242 e. The molecule has 0 fully saturated rings. The number of rotatable bonds is 6. The van der Waals surface area contributed by atoms with E-state index in [0.717, 1.165) is 12.0 Å². The summed E-state index contributed by atoms with van der Waals surface area (Å²) in [5.74, 6) is -0.0352. The predicted octanol–water partition coefficient (Wildman–Crippen LogP) is 2.04. The second-order valence-electron chi connectivity index (χ2n) is 4.61. The Bertz CT molecular complexity index is 581. The molecule has 1 unspecified atom stereocenters. The van der Waals surface area contributed by atoms with Crippen molar-refractivity contribution in [3.8, 4) is 0 Å². The number of halogens is 1. The highest BCUT2D eigenvalue weighted by Crippen LogP contribution is 2.17. The van der Waals surface area contributed by atoms with Crippen molar-refractivity contribution >= 4 is 29.7 Å². The first-order valence-corrected chi connectivity index (χ1v) is 7.46. The zero-order valence-corrected chi connectivity index (χ0v) is 14.1. The van der Waals surface area contributed by atoms with E-state index in [-0.39, 0.29) is 24.4 Å². The molecule has 0 aliphatic heterocycles. The summed E-state index contributed by atoms with van der Waals surface area (Å²) in [7, 11) is 3.61. The molecule has 5 nitrogen and oxygen atoms in total. The molecule has 0 saturated carbocycles. The number of carbonyl (C=O) groups is 1. The number of aromatic nitrogens is 2. The lowest BCUT2D eigenvalue weighted by Gasteiger charge is -2.14. The largest absolute Gasteiger partial charge is 0.350 e. The predicted molar refractivity (Wildman–Crippen MR) is 87.8 cm³/mol. The second kappa shape index (κ2) is 8.17. The van der Waals surface area contributed by atoms with Crippen LogP contribution in [0.5, 0.6) is 0 Å². The first kappa shape index (κ1) is 17.7. The van der Waals surface area contributed by atoms with E-state index in [0.29, 0.717) is 6.54 Å². The average molecular weight is 329 g/mol. The lowest BCUT2D eigenvalue weighted by Crippen LogP contribution is -2.35. The Kier molecular flexibility index (Phi) is 6.87. The standard InChI is InChI=1S/C14H20N4OS.ClH/c1-4-11-5-6-12(20-11)8-16-14(19)13(15-2)10-7-17-18(3)9-10;/h5-7,9,13,15H,4,8H2,1-3H3,(H,16,19);1H. The van der Waals surface area contributed by atoms with Crippen LogP contribution in [0.3, 0.4) is 0 Å². The normalized spacial score (nSPS) is 11.8. The number of thiophene rings is 1.